The van der Waals surface area contributed by atoms with E-state index in [0.29, 0.717) is 12.0 Å². The van der Waals surface area contributed by atoms with E-state index in [1.807, 2.05) is 13.1 Å². The van der Waals surface area contributed by atoms with E-state index >= 15 is 0 Å². The molecule has 0 amide bonds. The molecule has 1 aliphatic rings. The van der Waals surface area contributed by atoms with Gasteiger partial charge in [-0.05, 0) is 56.0 Å². The van der Waals surface area contributed by atoms with Gasteiger partial charge in [0, 0.05) is 23.7 Å². The summed E-state index contributed by atoms with van der Waals surface area (Å²) in [6.45, 7) is 1.78. The van der Waals surface area contributed by atoms with Crippen LogP contribution in [0.5, 0.6) is 5.75 Å². The van der Waals surface area contributed by atoms with Gasteiger partial charge < -0.3 is 14.8 Å². The fourth-order valence-corrected chi connectivity index (χ4v) is 3.10. The highest BCUT2D eigenvalue weighted by molar-refractivity contribution is 9.10. The first-order chi connectivity index (χ1) is 9.24. The maximum Gasteiger partial charge on any atom is 0.119 e. The predicted molar refractivity (Wildman–Crippen MR) is 80.8 cm³/mol. The molecule has 3 nitrogen and oxygen atoms in total. The molecule has 1 aromatic carbocycles. The minimum atomic E-state index is 0.493. The molecule has 1 atom stereocenters. The molecule has 0 aromatic heterocycles. The van der Waals surface area contributed by atoms with Crippen molar-refractivity contribution in [3.8, 4) is 5.75 Å². The lowest BCUT2D eigenvalue weighted by molar-refractivity contribution is 0.0547. The maximum absolute atomic E-state index is 5.45. The van der Waals surface area contributed by atoms with Crippen LogP contribution in [0.2, 0.25) is 0 Å². The van der Waals surface area contributed by atoms with Crippen LogP contribution in [0, 0.1) is 5.92 Å². The topological polar surface area (TPSA) is 30.5 Å². The second kappa shape index (κ2) is 7.27. The fraction of sp³-hybridized carbons (Fsp3) is 0.600. The average molecular weight is 328 g/mol. The average Bonchev–Trinajstić information content (AvgIpc) is 2.47. The zero-order chi connectivity index (χ0) is 13.7. The van der Waals surface area contributed by atoms with Crippen LogP contribution in [-0.4, -0.2) is 33.4 Å². The molecule has 1 saturated heterocycles. The number of ether oxygens (including phenoxy) is 2. The van der Waals surface area contributed by atoms with Crippen LogP contribution in [0.4, 0.5) is 0 Å². The molecule has 19 heavy (non-hydrogen) atoms. The lowest BCUT2D eigenvalue weighted by Crippen LogP contribution is -2.38. The molecule has 1 unspecified atom stereocenters. The molecule has 106 valence electrons. The van der Waals surface area contributed by atoms with Crippen LogP contribution in [-0.2, 0) is 11.2 Å². The summed E-state index contributed by atoms with van der Waals surface area (Å²) >= 11 is 3.63. The van der Waals surface area contributed by atoms with E-state index in [0.717, 1.165) is 42.7 Å². The van der Waals surface area contributed by atoms with Crippen LogP contribution in [0.15, 0.2) is 22.7 Å². The second-order valence-corrected chi connectivity index (χ2v) is 5.86. The van der Waals surface area contributed by atoms with E-state index < -0.39 is 0 Å². The molecule has 0 saturated carbocycles. The Kier molecular flexibility index (Phi) is 5.67. The number of nitrogens with one attached hydrogen (secondary N) is 1. The van der Waals surface area contributed by atoms with Gasteiger partial charge in [-0.25, -0.2) is 0 Å². The van der Waals surface area contributed by atoms with Gasteiger partial charge in [0.05, 0.1) is 7.11 Å². The predicted octanol–water partition coefficient (Wildman–Crippen LogP) is 3.01. The molecule has 1 heterocycles. The van der Waals surface area contributed by atoms with Gasteiger partial charge in [-0.2, -0.15) is 0 Å². The highest BCUT2D eigenvalue weighted by Crippen LogP contribution is 2.27. The maximum atomic E-state index is 5.45. The van der Waals surface area contributed by atoms with E-state index in [9.17, 15) is 0 Å². The van der Waals surface area contributed by atoms with Crippen molar-refractivity contribution < 1.29 is 9.47 Å². The van der Waals surface area contributed by atoms with Gasteiger partial charge in [-0.15, -0.1) is 0 Å². The van der Waals surface area contributed by atoms with Crippen LogP contribution in [0.3, 0.4) is 0 Å². The first kappa shape index (κ1) is 14.8. The van der Waals surface area contributed by atoms with Gasteiger partial charge >= 0.3 is 0 Å². The number of rotatable bonds is 5. The minimum Gasteiger partial charge on any atom is -0.497 e. The van der Waals surface area contributed by atoms with Gasteiger partial charge in [0.15, 0.2) is 0 Å². The lowest BCUT2D eigenvalue weighted by atomic mass is 9.88. The Balaban J connectivity index is 2.08. The molecule has 0 radical (unpaired) electrons. The van der Waals surface area contributed by atoms with Crippen molar-refractivity contribution in [2.45, 2.75) is 25.3 Å². The zero-order valence-electron chi connectivity index (χ0n) is 11.6. The van der Waals surface area contributed by atoms with Crippen LogP contribution in [0.1, 0.15) is 18.4 Å². The standard InChI is InChI=1S/C15H22BrNO2/c1-17-15(11-5-7-19-8-6-11)10-12-9-13(18-2)3-4-14(12)16/h3-4,9,11,15,17H,5-8,10H2,1-2H3. The Labute approximate surface area is 123 Å². The van der Waals surface area contributed by atoms with Gasteiger partial charge in [-0.3, -0.25) is 0 Å². The molecule has 2 rings (SSSR count). The van der Waals surface area contributed by atoms with Crippen molar-refractivity contribution in [2.75, 3.05) is 27.4 Å². The van der Waals surface area contributed by atoms with Crippen molar-refractivity contribution in [3.05, 3.63) is 28.2 Å². The van der Waals surface area contributed by atoms with E-state index in [-0.39, 0.29) is 0 Å². The third-order valence-electron chi connectivity index (χ3n) is 3.90. The first-order valence-corrected chi connectivity index (χ1v) is 7.61. The number of halogens is 1. The number of hydrogen-bond donors (Lipinski definition) is 1. The van der Waals surface area contributed by atoms with Crippen LogP contribution < -0.4 is 10.1 Å². The number of likely N-dealkylation sites (N-methyl/N-ethyl adjacent to an activating group) is 1. The van der Waals surface area contributed by atoms with Gasteiger partial charge in [-0.1, -0.05) is 15.9 Å². The van der Waals surface area contributed by atoms with Crippen molar-refractivity contribution in [3.63, 3.8) is 0 Å². The third-order valence-corrected chi connectivity index (χ3v) is 4.67. The van der Waals surface area contributed by atoms with E-state index in [2.05, 4.69) is 33.4 Å². The Morgan fingerprint density at radius 1 is 1.42 bits per heavy atom. The van der Waals surface area contributed by atoms with Gasteiger partial charge in [0.25, 0.3) is 0 Å². The monoisotopic (exact) mass is 327 g/mol. The Morgan fingerprint density at radius 2 is 2.16 bits per heavy atom. The number of methoxy groups -OCH3 is 1. The molecule has 1 N–H and O–H groups in total. The molecule has 1 aromatic rings. The third kappa shape index (κ3) is 3.94. The molecule has 4 heteroatoms. The van der Waals surface area contributed by atoms with Crippen LogP contribution >= 0.6 is 15.9 Å². The van der Waals surface area contributed by atoms with Crippen molar-refractivity contribution >= 4 is 15.9 Å². The summed E-state index contributed by atoms with van der Waals surface area (Å²) in [5.74, 6) is 1.61. The van der Waals surface area contributed by atoms with E-state index in [1.54, 1.807) is 7.11 Å². The quantitative estimate of drug-likeness (QED) is 0.901. The number of hydrogen-bond acceptors (Lipinski definition) is 3. The summed E-state index contributed by atoms with van der Waals surface area (Å²) < 4.78 is 11.9. The summed E-state index contributed by atoms with van der Waals surface area (Å²) in [5, 5.41) is 3.47. The Bertz CT molecular complexity index is 405. The molecule has 1 aliphatic heterocycles. The molecule has 1 fully saturated rings. The fourth-order valence-electron chi connectivity index (χ4n) is 2.69. The zero-order valence-corrected chi connectivity index (χ0v) is 13.2. The van der Waals surface area contributed by atoms with E-state index in [4.69, 9.17) is 9.47 Å². The minimum absolute atomic E-state index is 0.493. The Hall–Kier alpha value is -0.580. The highest BCUT2D eigenvalue weighted by atomic mass is 79.9. The molecule has 0 spiro atoms. The molecule has 0 aliphatic carbocycles. The second-order valence-electron chi connectivity index (χ2n) is 5.01. The number of benzene rings is 1. The van der Waals surface area contributed by atoms with E-state index in [1.165, 1.54) is 5.56 Å². The van der Waals surface area contributed by atoms with Crippen molar-refractivity contribution in [2.24, 2.45) is 5.92 Å². The highest BCUT2D eigenvalue weighted by Gasteiger charge is 2.23. The van der Waals surface area contributed by atoms with Gasteiger partial charge in [0.1, 0.15) is 5.75 Å². The van der Waals surface area contributed by atoms with Crippen LogP contribution in [0.25, 0.3) is 0 Å². The summed E-state index contributed by atoms with van der Waals surface area (Å²) in [7, 11) is 3.76. The summed E-state index contributed by atoms with van der Waals surface area (Å²) in [5.41, 5.74) is 1.30. The molecular weight excluding hydrogens is 306 g/mol. The largest absolute Gasteiger partial charge is 0.497 e. The SMILES string of the molecule is CNC(Cc1cc(OC)ccc1Br)C1CCOCC1. The summed E-state index contributed by atoms with van der Waals surface area (Å²) in [4.78, 5) is 0. The van der Waals surface area contributed by atoms with Gasteiger partial charge in [0.2, 0.25) is 0 Å². The Morgan fingerprint density at radius 3 is 2.79 bits per heavy atom. The van der Waals surface area contributed by atoms with Crippen molar-refractivity contribution in [1.29, 1.82) is 0 Å². The first-order valence-electron chi connectivity index (χ1n) is 6.82. The summed E-state index contributed by atoms with van der Waals surface area (Å²) in [6.07, 6.45) is 3.30. The molecule has 0 bridgehead atoms. The lowest BCUT2D eigenvalue weighted by Gasteiger charge is -2.30. The molecular formula is C15H22BrNO2. The van der Waals surface area contributed by atoms with Crippen molar-refractivity contribution in [1.82, 2.24) is 5.32 Å². The summed E-state index contributed by atoms with van der Waals surface area (Å²) in [6, 6.07) is 6.65. The normalized spacial score (nSPS) is 18.3. The smallest absolute Gasteiger partial charge is 0.119 e.